The molecule has 0 spiro atoms. The summed E-state index contributed by atoms with van der Waals surface area (Å²) >= 11 is 0. The Morgan fingerprint density at radius 3 is 1.61 bits per heavy atom. The lowest BCUT2D eigenvalue weighted by Crippen LogP contribution is -2.09. The number of para-hydroxylation sites is 2. The molecular weight excluding hydrogens is 356 g/mol. The van der Waals surface area contributed by atoms with Crippen LogP contribution in [-0.2, 0) is 22.7 Å². The van der Waals surface area contributed by atoms with Gasteiger partial charge in [-0.3, -0.25) is 0 Å². The second-order valence-corrected chi connectivity index (χ2v) is 5.89. The molecule has 0 fully saturated rings. The van der Waals surface area contributed by atoms with Gasteiger partial charge in [-0.05, 0) is 25.0 Å². The van der Waals surface area contributed by atoms with Crippen molar-refractivity contribution in [2.45, 2.75) is 26.1 Å². The zero-order valence-electron chi connectivity index (χ0n) is 16.0. The molecule has 0 bridgehead atoms. The number of benzene rings is 2. The average Bonchev–Trinajstić information content (AvgIpc) is 2.72. The van der Waals surface area contributed by atoms with E-state index in [9.17, 15) is 4.79 Å². The van der Waals surface area contributed by atoms with Crippen molar-refractivity contribution >= 4 is 6.16 Å². The number of hydrogen-bond donors (Lipinski definition) is 0. The highest BCUT2D eigenvalue weighted by molar-refractivity contribution is 5.60. The molecule has 0 radical (unpaired) electrons. The van der Waals surface area contributed by atoms with Crippen LogP contribution >= 0.6 is 0 Å². The molecule has 0 atom stereocenters. The lowest BCUT2D eigenvalue weighted by Gasteiger charge is -2.13. The number of carbonyl (C=O) groups is 1. The van der Waals surface area contributed by atoms with Gasteiger partial charge in [-0.1, -0.05) is 48.6 Å². The molecule has 0 heterocycles. The highest BCUT2D eigenvalue weighted by Gasteiger charge is 2.10. The van der Waals surface area contributed by atoms with Crippen molar-refractivity contribution in [3.8, 4) is 11.5 Å². The molecule has 2 rings (SSSR count). The summed E-state index contributed by atoms with van der Waals surface area (Å²) in [5, 5.41) is 0. The van der Waals surface area contributed by atoms with Crippen molar-refractivity contribution in [3.63, 3.8) is 0 Å². The summed E-state index contributed by atoms with van der Waals surface area (Å²) in [6.45, 7) is 8.52. The van der Waals surface area contributed by atoms with E-state index in [4.69, 9.17) is 18.9 Å². The van der Waals surface area contributed by atoms with Crippen LogP contribution in [0.4, 0.5) is 4.79 Å². The van der Waals surface area contributed by atoms with Crippen molar-refractivity contribution in [2.24, 2.45) is 0 Å². The van der Waals surface area contributed by atoms with Crippen LogP contribution in [0.5, 0.6) is 11.5 Å². The first-order valence-electron chi connectivity index (χ1n) is 9.17. The largest absolute Gasteiger partial charge is 0.508 e. The van der Waals surface area contributed by atoms with Gasteiger partial charge in [0.2, 0.25) is 0 Å². The second-order valence-electron chi connectivity index (χ2n) is 5.89. The quantitative estimate of drug-likeness (QED) is 0.278. The third kappa shape index (κ3) is 7.19. The van der Waals surface area contributed by atoms with Gasteiger partial charge in [0.05, 0.1) is 13.2 Å². The summed E-state index contributed by atoms with van der Waals surface area (Å²) in [6, 6.07) is 14.8. The molecule has 0 aliphatic rings. The summed E-state index contributed by atoms with van der Waals surface area (Å²) in [5.41, 5.74) is 1.55. The molecule has 2 aromatic rings. The molecule has 0 aliphatic heterocycles. The highest BCUT2D eigenvalue weighted by Crippen LogP contribution is 2.21. The Balaban J connectivity index is 1.84. The summed E-state index contributed by atoms with van der Waals surface area (Å²) < 4.78 is 21.8. The maximum atomic E-state index is 12.0. The topological polar surface area (TPSA) is 54.0 Å². The van der Waals surface area contributed by atoms with Crippen molar-refractivity contribution in [1.29, 1.82) is 0 Å². The van der Waals surface area contributed by atoms with E-state index in [0.29, 0.717) is 24.7 Å². The SMILES string of the molecule is C=CCCOc1ccccc1COC(=O)OCc1ccccc1OCCC=C. The van der Waals surface area contributed by atoms with E-state index in [2.05, 4.69) is 13.2 Å². The van der Waals surface area contributed by atoms with Gasteiger partial charge in [0, 0.05) is 11.1 Å². The van der Waals surface area contributed by atoms with E-state index in [1.165, 1.54) is 0 Å². The first-order chi connectivity index (χ1) is 13.7. The zero-order valence-corrected chi connectivity index (χ0v) is 16.0. The van der Waals surface area contributed by atoms with Crippen LogP contribution in [0.25, 0.3) is 0 Å². The molecule has 148 valence electrons. The number of ether oxygens (including phenoxy) is 4. The van der Waals surface area contributed by atoms with E-state index >= 15 is 0 Å². The summed E-state index contributed by atoms with van der Waals surface area (Å²) in [6.07, 6.45) is 4.31. The molecule has 0 N–H and O–H groups in total. The van der Waals surface area contributed by atoms with Gasteiger partial charge < -0.3 is 18.9 Å². The molecular formula is C23H26O5. The number of hydrogen-bond acceptors (Lipinski definition) is 5. The fraction of sp³-hybridized carbons (Fsp3) is 0.261. The zero-order chi connectivity index (χ0) is 20.0. The summed E-state index contributed by atoms with van der Waals surface area (Å²) in [7, 11) is 0. The lowest BCUT2D eigenvalue weighted by atomic mass is 10.2. The van der Waals surface area contributed by atoms with E-state index in [1.54, 1.807) is 12.2 Å². The maximum Gasteiger partial charge on any atom is 0.508 e. The Morgan fingerprint density at radius 1 is 0.750 bits per heavy atom. The Kier molecular flexibility index (Phi) is 9.21. The third-order valence-corrected chi connectivity index (χ3v) is 3.80. The third-order valence-electron chi connectivity index (χ3n) is 3.80. The minimum atomic E-state index is -0.748. The monoisotopic (exact) mass is 382 g/mol. The normalized spacial score (nSPS) is 10.0. The van der Waals surface area contributed by atoms with Crippen LogP contribution in [0, 0.1) is 0 Å². The van der Waals surface area contributed by atoms with E-state index < -0.39 is 6.16 Å². The molecule has 0 aliphatic carbocycles. The van der Waals surface area contributed by atoms with Gasteiger partial charge in [0.15, 0.2) is 0 Å². The van der Waals surface area contributed by atoms with Gasteiger partial charge >= 0.3 is 6.16 Å². The van der Waals surface area contributed by atoms with Crippen LogP contribution in [0.2, 0.25) is 0 Å². The molecule has 5 nitrogen and oxygen atoms in total. The minimum absolute atomic E-state index is 0.0700. The molecule has 5 heteroatoms. The van der Waals surface area contributed by atoms with Crippen molar-refractivity contribution in [3.05, 3.63) is 85.0 Å². The molecule has 2 aromatic carbocycles. The molecule has 0 saturated heterocycles. The van der Waals surface area contributed by atoms with E-state index in [-0.39, 0.29) is 13.2 Å². The van der Waals surface area contributed by atoms with Crippen LogP contribution in [0.15, 0.2) is 73.8 Å². The van der Waals surface area contributed by atoms with Crippen molar-refractivity contribution in [2.75, 3.05) is 13.2 Å². The van der Waals surface area contributed by atoms with Gasteiger partial charge in [-0.2, -0.15) is 0 Å². The second kappa shape index (κ2) is 12.2. The Morgan fingerprint density at radius 2 is 1.18 bits per heavy atom. The first-order valence-corrected chi connectivity index (χ1v) is 9.17. The highest BCUT2D eigenvalue weighted by atomic mass is 16.7. The van der Waals surface area contributed by atoms with E-state index in [0.717, 1.165) is 24.0 Å². The van der Waals surface area contributed by atoms with Gasteiger partial charge in [-0.25, -0.2) is 4.79 Å². The summed E-state index contributed by atoms with van der Waals surface area (Å²) in [4.78, 5) is 12.0. The number of rotatable bonds is 12. The predicted octanol–water partition coefficient (Wildman–Crippen LogP) is 5.45. The molecule has 0 unspecified atom stereocenters. The first kappa shape index (κ1) is 21.1. The van der Waals surface area contributed by atoms with Crippen LogP contribution in [0.1, 0.15) is 24.0 Å². The van der Waals surface area contributed by atoms with Crippen molar-refractivity contribution in [1.82, 2.24) is 0 Å². The van der Waals surface area contributed by atoms with E-state index in [1.807, 2.05) is 48.5 Å². The van der Waals surface area contributed by atoms with Gasteiger partial charge in [0.25, 0.3) is 0 Å². The van der Waals surface area contributed by atoms with Crippen molar-refractivity contribution < 1.29 is 23.7 Å². The molecule has 0 aromatic heterocycles. The van der Waals surface area contributed by atoms with Crippen LogP contribution < -0.4 is 9.47 Å². The Bertz CT molecular complexity index is 706. The molecule has 28 heavy (non-hydrogen) atoms. The smallest absolute Gasteiger partial charge is 0.493 e. The van der Waals surface area contributed by atoms with Crippen LogP contribution in [0.3, 0.4) is 0 Å². The Hall–Kier alpha value is -3.21. The fourth-order valence-corrected chi connectivity index (χ4v) is 2.35. The lowest BCUT2D eigenvalue weighted by molar-refractivity contribution is 0.0436. The maximum absolute atomic E-state index is 12.0. The van der Waals surface area contributed by atoms with Crippen LogP contribution in [-0.4, -0.2) is 19.4 Å². The predicted molar refractivity (Wildman–Crippen MR) is 108 cm³/mol. The van der Waals surface area contributed by atoms with Gasteiger partial charge in [-0.15, -0.1) is 13.2 Å². The standard InChI is InChI=1S/C23H26O5/c1-3-5-15-25-21-13-9-7-11-19(21)17-27-23(24)28-18-20-12-8-10-14-22(20)26-16-6-4-2/h3-4,7-14H,1-2,5-6,15-18H2. The van der Waals surface area contributed by atoms with Gasteiger partial charge in [0.1, 0.15) is 24.7 Å². The fourth-order valence-electron chi connectivity index (χ4n) is 2.35. The number of carbonyl (C=O) groups excluding carboxylic acids is 1. The minimum Gasteiger partial charge on any atom is -0.493 e. The average molecular weight is 382 g/mol. The Labute approximate surface area is 166 Å². The molecule has 0 saturated carbocycles. The summed E-state index contributed by atoms with van der Waals surface area (Å²) in [5.74, 6) is 1.36. The molecule has 0 amide bonds.